The number of carbonyl (C=O) groups is 1. The Morgan fingerprint density at radius 1 is 1.26 bits per heavy atom. The lowest BCUT2D eigenvalue weighted by atomic mass is 10.1. The zero-order valence-electron chi connectivity index (χ0n) is 13.4. The van der Waals surface area contributed by atoms with Crippen molar-refractivity contribution in [1.29, 1.82) is 0 Å². The molecule has 0 spiro atoms. The molecule has 1 aromatic heterocycles. The number of aromatic nitrogens is 2. The molecule has 1 N–H and O–H groups in total. The highest BCUT2D eigenvalue weighted by Gasteiger charge is 2.18. The van der Waals surface area contributed by atoms with E-state index in [4.69, 9.17) is 0 Å². The number of rotatable bonds is 6. The fourth-order valence-corrected chi connectivity index (χ4v) is 3.72. The highest BCUT2D eigenvalue weighted by molar-refractivity contribution is 8.01. The molecule has 3 rings (SSSR count). The van der Waals surface area contributed by atoms with Crippen LogP contribution in [0.5, 0.6) is 0 Å². The highest BCUT2D eigenvalue weighted by atomic mass is 32.2. The number of nitro benzene ring substituents is 1. The third-order valence-electron chi connectivity index (χ3n) is 3.35. The second-order valence-electron chi connectivity index (χ2n) is 5.14. The minimum absolute atomic E-state index is 0.0757. The molecular formula is C16H10F2N4O3S2. The number of amides is 1. The van der Waals surface area contributed by atoms with Crippen molar-refractivity contribution in [3.05, 3.63) is 64.2 Å². The minimum Gasteiger partial charge on any atom is -0.320 e. The SMILES string of the molecule is O=C(CSc1snnc1-c1ccc(F)cc1F)Nc1ccccc1[N+](=O)[O-]. The van der Waals surface area contributed by atoms with Gasteiger partial charge in [-0.2, -0.15) is 0 Å². The van der Waals surface area contributed by atoms with Crippen molar-refractivity contribution in [3.8, 4) is 11.3 Å². The van der Waals surface area contributed by atoms with Crippen LogP contribution in [0, 0.1) is 21.7 Å². The number of benzene rings is 2. The Bertz CT molecular complexity index is 1010. The van der Waals surface area contributed by atoms with Crippen LogP contribution in [0.1, 0.15) is 0 Å². The van der Waals surface area contributed by atoms with Gasteiger partial charge < -0.3 is 5.32 Å². The minimum atomic E-state index is -0.783. The first-order valence-electron chi connectivity index (χ1n) is 7.39. The number of thioether (sulfide) groups is 1. The van der Waals surface area contributed by atoms with E-state index in [0.717, 1.165) is 35.4 Å². The molecule has 1 heterocycles. The summed E-state index contributed by atoms with van der Waals surface area (Å²) in [6, 6.07) is 8.86. The van der Waals surface area contributed by atoms with E-state index in [2.05, 4.69) is 14.9 Å². The third-order valence-corrected chi connectivity index (χ3v) is 5.32. The number of hydrogen-bond donors (Lipinski definition) is 1. The largest absolute Gasteiger partial charge is 0.320 e. The standard InChI is InChI=1S/C16H10F2N4O3S2/c17-9-5-6-10(11(18)7-9)15-16(27-21-20-15)26-8-14(23)19-12-3-1-2-4-13(12)22(24)25/h1-7H,8H2,(H,19,23). The smallest absolute Gasteiger partial charge is 0.292 e. The van der Waals surface area contributed by atoms with Crippen LogP contribution < -0.4 is 5.32 Å². The quantitative estimate of drug-likeness (QED) is 0.374. The number of nitrogens with one attached hydrogen (secondary N) is 1. The molecule has 0 unspecified atom stereocenters. The lowest BCUT2D eigenvalue weighted by molar-refractivity contribution is -0.383. The highest BCUT2D eigenvalue weighted by Crippen LogP contribution is 2.34. The van der Waals surface area contributed by atoms with E-state index in [1.807, 2.05) is 0 Å². The van der Waals surface area contributed by atoms with Gasteiger partial charge in [-0.25, -0.2) is 8.78 Å². The second-order valence-corrected chi connectivity index (χ2v) is 7.14. The summed E-state index contributed by atoms with van der Waals surface area (Å²) in [5.74, 6) is -2.06. The van der Waals surface area contributed by atoms with Crippen molar-refractivity contribution >= 4 is 40.6 Å². The van der Waals surface area contributed by atoms with E-state index in [0.29, 0.717) is 4.21 Å². The van der Waals surface area contributed by atoms with Crippen molar-refractivity contribution in [3.63, 3.8) is 0 Å². The first-order chi connectivity index (χ1) is 13.0. The van der Waals surface area contributed by atoms with Crippen LogP contribution in [-0.4, -0.2) is 26.2 Å². The van der Waals surface area contributed by atoms with Gasteiger partial charge in [0.05, 0.1) is 10.7 Å². The lowest BCUT2D eigenvalue weighted by Gasteiger charge is -2.06. The second kappa shape index (κ2) is 8.18. The number of carbonyl (C=O) groups excluding carboxylic acids is 1. The Morgan fingerprint density at radius 2 is 2.04 bits per heavy atom. The van der Waals surface area contributed by atoms with Gasteiger partial charge in [0.25, 0.3) is 5.69 Å². The molecule has 0 fully saturated rings. The maximum Gasteiger partial charge on any atom is 0.292 e. The van der Waals surface area contributed by atoms with Crippen LogP contribution in [0.2, 0.25) is 0 Å². The molecule has 0 aliphatic rings. The molecule has 0 aliphatic carbocycles. The van der Waals surface area contributed by atoms with Gasteiger partial charge in [-0.3, -0.25) is 14.9 Å². The number of anilines is 1. The molecule has 2 aromatic carbocycles. The molecule has 27 heavy (non-hydrogen) atoms. The molecule has 0 atom stereocenters. The fraction of sp³-hybridized carbons (Fsp3) is 0.0625. The van der Waals surface area contributed by atoms with Crippen molar-refractivity contribution in [2.45, 2.75) is 4.21 Å². The predicted octanol–water partition coefficient (Wildman–Crippen LogP) is 4.12. The summed E-state index contributed by atoms with van der Waals surface area (Å²) in [6.45, 7) is 0. The summed E-state index contributed by atoms with van der Waals surface area (Å²) in [5, 5.41) is 17.3. The average Bonchev–Trinajstić information content (AvgIpc) is 3.08. The zero-order chi connectivity index (χ0) is 19.4. The normalized spacial score (nSPS) is 10.6. The summed E-state index contributed by atoms with van der Waals surface area (Å²) in [5.41, 5.74) is 0.150. The molecular weight excluding hydrogens is 398 g/mol. The molecule has 0 radical (unpaired) electrons. The summed E-state index contributed by atoms with van der Waals surface area (Å²) < 4.78 is 31.2. The molecule has 3 aromatic rings. The van der Waals surface area contributed by atoms with Gasteiger partial charge in [0, 0.05) is 17.7 Å². The van der Waals surface area contributed by atoms with Crippen molar-refractivity contribution in [2.75, 3.05) is 11.1 Å². The van der Waals surface area contributed by atoms with Gasteiger partial charge >= 0.3 is 0 Å². The predicted molar refractivity (Wildman–Crippen MR) is 97.7 cm³/mol. The molecule has 0 bridgehead atoms. The summed E-state index contributed by atoms with van der Waals surface area (Å²) in [6.07, 6.45) is 0. The Hall–Kier alpha value is -2.92. The number of hydrogen-bond acceptors (Lipinski definition) is 7. The molecule has 11 heteroatoms. The summed E-state index contributed by atoms with van der Waals surface area (Å²) >= 11 is 2.02. The van der Waals surface area contributed by atoms with Crippen LogP contribution in [0.25, 0.3) is 11.3 Å². The molecule has 7 nitrogen and oxygen atoms in total. The van der Waals surface area contributed by atoms with Crippen LogP contribution in [0.4, 0.5) is 20.2 Å². The van der Waals surface area contributed by atoms with Gasteiger partial charge in [-0.15, -0.1) is 16.9 Å². The Morgan fingerprint density at radius 3 is 2.78 bits per heavy atom. The monoisotopic (exact) mass is 408 g/mol. The molecule has 0 saturated heterocycles. The van der Waals surface area contributed by atoms with E-state index >= 15 is 0 Å². The zero-order valence-corrected chi connectivity index (χ0v) is 15.0. The maximum atomic E-state index is 13.9. The van der Waals surface area contributed by atoms with Gasteiger partial charge in [0.15, 0.2) is 0 Å². The van der Waals surface area contributed by atoms with Gasteiger partial charge in [0.2, 0.25) is 5.91 Å². The lowest BCUT2D eigenvalue weighted by Crippen LogP contribution is -2.15. The van der Waals surface area contributed by atoms with Gasteiger partial charge in [0.1, 0.15) is 27.2 Å². The average molecular weight is 408 g/mol. The first kappa shape index (κ1) is 18.9. The topological polar surface area (TPSA) is 98.0 Å². The molecule has 138 valence electrons. The van der Waals surface area contributed by atoms with E-state index in [9.17, 15) is 23.7 Å². The van der Waals surface area contributed by atoms with E-state index in [1.165, 1.54) is 24.3 Å². The van der Waals surface area contributed by atoms with E-state index in [1.54, 1.807) is 6.07 Å². The summed E-state index contributed by atoms with van der Waals surface area (Å²) in [4.78, 5) is 22.5. The van der Waals surface area contributed by atoms with E-state index in [-0.39, 0.29) is 28.4 Å². The van der Waals surface area contributed by atoms with Gasteiger partial charge in [-0.05, 0) is 29.7 Å². The summed E-state index contributed by atoms with van der Waals surface area (Å²) in [7, 11) is 0. The Labute approximate surface area is 159 Å². The van der Waals surface area contributed by atoms with Crippen LogP contribution >= 0.6 is 23.3 Å². The van der Waals surface area contributed by atoms with Crippen LogP contribution in [0.3, 0.4) is 0 Å². The number of nitrogens with zero attached hydrogens (tertiary/aromatic N) is 3. The van der Waals surface area contributed by atoms with Crippen LogP contribution in [-0.2, 0) is 4.79 Å². The number of para-hydroxylation sites is 2. The Kier molecular flexibility index (Phi) is 5.72. The van der Waals surface area contributed by atoms with Crippen molar-refractivity contribution < 1.29 is 18.5 Å². The van der Waals surface area contributed by atoms with Crippen molar-refractivity contribution in [2.24, 2.45) is 0 Å². The van der Waals surface area contributed by atoms with Gasteiger partial charge in [-0.1, -0.05) is 16.6 Å². The molecule has 1 amide bonds. The maximum absolute atomic E-state index is 13.9. The molecule has 0 aliphatic heterocycles. The molecule has 0 saturated carbocycles. The first-order valence-corrected chi connectivity index (χ1v) is 9.15. The number of halogens is 2. The van der Waals surface area contributed by atoms with Crippen molar-refractivity contribution in [1.82, 2.24) is 9.59 Å². The van der Waals surface area contributed by atoms with E-state index < -0.39 is 22.5 Å². The Balaban J connectivity index is 1.71. The fourth-order valence-electron chi connectivity index (χ4n) is 2.18. The third kappa shape index (κ3) is 4.44. The number of nitro groups is 1. The van der Waals surface area contributed by atoms with Crippen LogP contribution in [0.15, 0.2) is 46.7 Å².